The van der Waals surface area contributed by atoms with Crippen LogP contribution in [0.25, 0.3) is 0 Å². The summed E-state index contributed by atoms with van der Waals surface area (Å²) in [6, 6.07) is 10.4. The summed E-state index contributed by atoms with van der Waals surface area (Å²) < 4.78 is 0. The van der Waals surface area contributed by atoms with Crippen molar-refractivity contribution in [1.29, 1.82) is 0 Å². The fraction of sp³-hybridized carbons (Fsp3) is 0.611. The second kappa shape index (κ2) is 6.61. The number of aryl methyl sites for hydroxylation is 1. The van der Waals surface area contributed by atoms with Gasteiger partial charge < -0.3 is 4.90 Å². The number of benzene rings is 1. The molecule has 0 aliphatic carbocycles. The third-order valence-electron chi connectivity index (χ3n) is 4.68. The molecule has 2 unspecified atom stereocenters. The van der Waals surface area contributed by atoms with Crippen LogP contribution in [0.4, 0.5) is 0 Å². The SMILES string of the molecule is CC(CN1CNC(CCc2ccccc2)C1=O)C(C)(C)C. The Labute approximate surface area is 128 Å². The maximum Gasteiger partial charge on any atom is 0.240 e. The van der Waals surface area contributed by atoms with E-state index < -0.39 is 0 Å². The van der Waals surface area contributed by atoms with Crippen molar-refractivity contribution in [3.63, 3.8) is 0 Å². The van der Waals surface area contributed by atoms with E-state index >= 15 is 0 Å². The Balaban J connectivity index is 1.84. The molecule has 1 heterocycles. The molecule has 1 N–H and O–H groups in total. The van der Waals surface area contributed by atoms with Gasteiger partial charge in [0.05, 0.1) is 12.7 Å². The summed E-state index contributed by atoms with van der Waals surface area (Å²) in [5.74, 6) is 0.762. The Morgan fingerprint density at radius 2 is 1.95 bits per heavy atom. The topological polar surface area (TPSA) is 32.3 Å². The highest BCUT2D eigenvalue weighted by Crippen LogP contribution is 2.27. The van der Waals surface area contributed by atoms with Gasteiger partial charge in [-0.15, -0.1) is 0 Å². The summed E-state index contributed by atoms with van der Waals surface area (Å²) in [4.78, 5) is 14.4. The molecule has 0 aromatic heterocycles. The Morgan fingerprint density at radius 3 is 2.57 bits per heavy atom. The Morgan fingerprint density at radius 1 is 1.29 bits per heavy atom. The molecule has 0 spiro atoms. The van der Waals surface area contributed by atoms with Crippen molar-refractivity contribution < 1.29 is 4.79 Å². The van der Waals surface area contributed by atoms with Crippen LogP contribution in [0.3, 0.4) is 0 Å². The van der Waals surface area contributed by atoms with Gasteiger partial charge in [-0.3, -0.25) is 10.1 Å². The summed E-state index contributed by atoms with van der Waals surface area (Å²) in [6.07, 6.45) is 1.83. The van der Waals surface area contributed by atoms with Gasteiger partial charge in [0.15, 0.2) is 0 Å². The highest BCUT2D eigenvalue weighted by Gasteiger charge is 2.33. The Bertz CT molecular complexity index is 464. The van der Waals surface area contributed by atoms with E-state index in [0.29, 0.717) is 12.6 Å². The summed E-state index contributed by atoms with van der Waals surface area (Å²) >= 11 is 0. The summed E-state index contributed by atoms with van der Waals surface area (Å²) in [7, 11) is 0. The number of carbonyl (C=O) groups is 1. The van der Waals surface area contributed by atoms with E-state index in [9.17, 15) is 4.79 Å². The van der Waals surface area contributed by atoms with Crippen molar-refractivity contribution in [2.75, 3.05) is 13.2 Å². The molecule has 0 saturated carbocycles. The minimum atomic E-state index is -0.0163. The zero-order chi connectivity index (χ0) is 15.5. The van der Waals surface area contributed by atoms with Gasteiger partial charge in [0.25, 0.3) is 0 Å². The van der Waals surface area contributed by atoms with Gasteiger partial charge in [0.2, 0.25) is 5.91 Å². The highest BCUT2D eigenvalue weighted by molar-refractivity contribution is 5.83. The molecule has 1 aromatic carbocycles. The summed E-state index contributed by atoms with van der Waals surface area (Å²) in [5.41, 5.74) is 1.54. The van der Waals surface area contributed by atoms with E-state index in [1.807, 2.05) is 11.0 Å². The second-order valence-corrected chi connectivity index (χ2v) is 7.27. The molecule has 1 aliphatic rings. The fourth-order valence-electron chi connectivity index (χ4n) is 2.55. The molecule has 21 heavy (non-hydrogen) atoms. The molecule has 1 aromatic rings. The van der Waals surface area contributed by atoms with E-state index in [2.05, 4.69) is 57.3 Å². The third-order valence-corrected chi connectivity index (χ3v) is 4.68. The Kier molecular flexibility index (Phi) is 5.04. The summed E-state index contributed by atoms with van der Waals surface area (Å²) in [5, 5.41) is 3.36. The van der Waals surface area contributed by atoms with Crippen LogP contribution >= 0.6 is 0 Å². The normalized spacial score (nSPS) is 20.9. The molecule has 116 valence electrons. The first kappa shape index (κ1) is 16.0. The van der Waals surface area contributed by atoms with Crippen molar-refractivity contribution >= 4 is 5.91 Å². The van der Waals surface area contributed by atoms with Crippen LogP contribution in [0.1, 0.15) is 39.7 Å². The molecule has 1 amide bonds. The average molecular weight is 288 g/mol. The lowest BCUT2D eigenvalue weighted by Crippen LogP contribution is -2.37. The van der Waals surface area contributed by atoms with Crippen molar-refractivity contribution in [2.45, 2.75) is 46.6 Å². The van der Waals surface area contributed by atoms with Gasteiger partial charge in [-0.2, -0.15) is 0 Å². The van der Waals surface area contributed by atoms with E-state index in [1.54, 1.807) is 0 Å². The van der Waals surface area contributed by atoms with E-state index in [1.165, 1.54) is 5.56 Å². The first-order valence-electron chi connectivity index (χ1n) is 7.94. The van der Waals surface area contributed by atoms with E-state index in [4.69, 9.17) is 0 Å². The minimum absolute atomic E-state index is 0.0163. The maximum atomic E-state index is 12.5. The smallest absolute Gasteiger partial charge is 0.240 e. The number of amides is 1. The van der Waals surface area contributed by atoms with Gasteiger partial charge in [-0.1, -0.05) is 58.0 Å². The molecule has 3 nitrogen and oxygen atoms in total. The van der Waals surface area contributed by atoms with Crippen LogP contribution in [0.15, 0.2) is 30.3 Å². The zero-order valence-corrected chi connectivity index (χ0v) is 13.7. The molecule has 2 atom stereocenters. The van der Waals surface area contributed by atoms with Crippen molar-refractivity contribution in [2.24, 2.45) is 11.3 Å². The molecule has 2 rings (SSSR count). The molecule has 0 radical (unpaired) electrons. The standard InChI is InChI=1S/C18H28N2O/c1-14(18(2,3)4)12-20-13-19-16(17(20)21)11-10-15-8-6-5-7-9-15/h5-9,14,16,19H,10-13H2,1-4H3. The van der Waals surface area contributed by atoms with Crippen LogP contribution in [-0.2, 0) is 11.2 Å². The average Bonchev–Trinajstić information content (AvgIpc) is 2.78. The first-order valence-corrected chi connectivity index (χ1v) is 7.94. The number of carbonyl (C=O) groups excluding carboxylic acids is 1. The molecule has 1 aliphatic heterocycles. The zero-order valence-electron chi connectivity index (χ0n) is 13.7. The lowest BCUT2D eigenvalue weighted by molar-refractivity contribution is -0.129. The minimum Gasteiger partial charge on any atom is -0.328 e. The molecular formula is C18H28N2O. The monoisotopic (exact) mass is 288 g/mol. The molecule has 1 fully saturated rings. The number of rotatable bonds is 5. The predicted molar refractivity (Wildman–Crippen MR) is 86.9 cm³/mol. The number of hydrogen-bond donors (Lipinski definition) is 1. The van der Waals surface area contributed by atoms with Gasteiger partial charge >= 0.3 is 0 Å². The van der Waals surface area contributed by atoms with Crippen LogP contribution in [0.2, 0.25) is 0 Å². The number of hydrogen-bond acceptors (Lipinski definition) is 2. The lowest BCUT2D eigenvalue weighted by atomic mass is 9.82. The molecule has 3 heteroatoms. The van der Waals surface area contributed by atoms with Crippen molar-refractivity contribution in [3.05, 3.63) is 35.9 Å². The number of nitrogens with one attached hydrogen (secondary N) is 1. The van der Waals surface area contributed by atoms with Crippen molar-refractivity contribution in [3.8, 4) is 0 Å². The third kappa shape index (κ3) is 4.31. The van der Waals surface area contributed by atoms with E-state index in [0.717, 1.165) is 19.4 Å². The first-order chi connectivity index (χ1) is 9.88. The van der Waals surface area contributed by atoms with Gasteiger partial charge in [-0.25, -0.2) is 0 Å². The quantitative estimate of drug-likeness (QED) is 0.903. The fourth-order valence-corrected chi connectivity index (χ4v) is 2.55. The van der Waals surface area contributed by atoms with Gasteiger partial charge in [0.1, 0.15) is 0 Å². The Hall–Kier alpha value is -1.35. The van der Waals surface area contributed by atoms with Crippen LogP contribution in [0.5, 0.6) is 0 Å². The van der Waals surface area contributed by atoms with Gasteiger partial charge in [0, 0.05) is 6.54 Å². The maximum absolute atomic E-state index is 12.5. The van der Waals surface area contributed by atoms with Gasteiger partial charge in [-0.05, 0) is 29.7 Å². The largest absolute Gasteiger partial charge is 0.328 e. The number of nitrogens with zero attached hydrogens (tertiary/aromatic N) is 1. The summed E-state index contributed by atoms with van der Waals surface area (Å²) in [6.45, 7) is 10.5. The van der Waals surface area contributed by atoms with Crippen molar-refractivity contribution in [1.82, 2.24) is 10.2 Å². The van der Waals surface area contributed by atoms with Crippen LogP contribution in [-0.4, -0.2) is 30.1 Å². The lowest BCUT2D eigenvalue weighted by Gasteiger charge is -2.30. The van der Waals surface area contributed by atoms with Crippen LogP contribution < -0.4 is 5.32 Å². The highest BCUT2D eigenvalue weighted by atomic mass is 16.2. The van der Waals surface area contributed by atoms with Crippen LogP contribution in [0, 0.1) is 11.3 Å². The molecule has 1 saturated heterocycles. The van der Waals surface area contributed by atoms with E-state index in [-0.39, 0.29) is 17.4 Å². The molecular weight excluding hydrogens is 260 g/mol. The predicted octanol–water partition coefficient (Wildman–Crippen LogP) is 3.06. The second-order valence-electron chi connectivity index (χ2n) is 7.27. The molecule has 0 bridgehead atoms.